The summed E-state index contributed by atoms with van der Waals surface area (Å²) in [4.78, 5) is 14.1. The molecule has 1 amide bonds. The van der Waals surface area contributed by atoms with Crippen LogP contribution in [0.4, 0.5) is 5.88 Å². The van der Waals surface area contributed by atoms with E-state index >= 15 is 0 Å². The number of carbonyl (C=O) groups excluding carboxylic acids is 1. The summed E-state index contributed by atoms with van der Waals surface area (Å²) in [5.74, 6) is 0.532. The fourth-order valence-electron chi connectivity index (χ4n) is 2.90. The number of nitrogens with zero attached hydrogens (tertiary/aromatic N) is 2. The molecule has 2 heterocycles. The third-order valence-electron chi connectivity index (χ3n) is 3.93. The van der Waals surface area contributed by atoms with Crippen molar-refractivity contribution in [2.24, 2.45) is 5.73 Å². The number of nitrogens with one attached hydrogen (secondary N) is 1. The highest BCUT2D eigenvalue weighted by Crippen LogP contribution is 2.26. The average Bonchev–Trinajstić information content (AvgIpc) is 3.05. The smallest absolute Gasteiger partial charge is 0.240 e. The lowest BCUT2D eigenvalue weighted by molar-refractivity contribution is -0.117. The Hall–Kier alpha value is -2.18. The van der Waals surface area contributed by atoms with E-state index in [0.29, 0.717) is 19.0 Å². The Bertz CT molecular complexity index is 641. The van der Waals surface area contributed by atoms with Crippen molar-refractivity contribution < 1.29 is 9.32 Å². The second-order valence-electron chi connectivity index (χ2n) is 5.76. The lowest BCUT2D eigenvalue weighted by Gasteiger charge is -2.15. The summed E-state index contributed by atoms with van der Waals surface area (Å²) in [6.07, 6.45) is 0. The zero-order valence-electron chi connectivity index (χ0n) is 12.5. The molecule has 0 aliphatic carbocycles. The van der Waals surface area contributed by atoms with Gasteiger partial charge >= 0.3 is 0 Å². The van der Waals surface area contributed by atoms with Crippen LogP contribution in [0.2, 0.25) is 0 Å². The van der Waals surface area contributed by atoms with Gasteiger partial charge in [-0.15, -0.1) is 0 Å². The van der Waals surface area contributed by atoms with Crippen LogP contribution in [0, 0.1) is 6.92 Å². The van der Waals surface area contributed by atoms with E-state index in [-0.39, 0.29) is 17.9 Å². The van der Waals surface area contributed by atoms with E-state index in [1.807, 2.05) is 25.1 Å². The molecule has 3 rings (SSSR count). The van der Waals surface area contributed by atoms with Crippen LogP contribution in [0.15, 0.2) is 40.9 Å². The second kappa shape index (κ2) is 6.29. The van der Waals surface area contributed by atoms with Crippen LogP contribution in [-0.4, -0.2) is 41.6 Å². The Morgan fingerprint density at radius 2 is 2.18 bits per heavy atom. The summed E-state index contributed by atoms with van der Waals surface area (Å²) in [6.45, 7) is 3.61. The largest absolute Gasteiger partial charge is 0.338 e. The van der Waals surface area contributed by atoms with Gasteiger partial charge in [-0.2, -0.15) is 0 Å². The van der Waals surface area contributed by atoms with E-state index in [0.717, 1.165) is 12.2 Å². The molecule has 6 heteroatoms. The summed E-state index contributed by atoms with van der Waals surface area (Å²) >= 11 is 0. The molecule has 1 aliphatic rings. The SMILES string of the molecule is Cc1cc(NC(=O)CN2C[C@@H](N)[C@H](c3ccccc3)C2)on1. The number of nitrogens with two attached hydrogens (primary N) is 1. The number of hydrogen-bond acceptors (Lipinski definition) is 5. The van der Waals surface area contributed by atoms with Crippen molar-refractivity contribution >= 4 is 11.8 Å². The van der Waals surface area contributed by atoms with Crippen molar-refractivity contribution in [1.29, 1.82) is 0 Å². The number of aryl methyl sites for hydroxylation is 1. The Kier molecular flexibility index (Phi) is 4.22. The molecule has 1 fully saturated rings. The zero-order valence-corrected chi connectivity index (χ0v) is 12.5. The second-order valence-corrected chi connectivity index (χ2v) is 5.76. The third-order valence-corrected chi connectivity index (χ3v) is 3.93. The van der Waals surface area contributed by atoms with Gasteiger partial charge in [0.15, 0.2) is 0 Å². The van der Waals surface area contributed by atoms with Gasteiger partial charge in [0, 0.05) is 31.1 Å². The Labute approximate surface area is 129 Å². The van der Waals surface area contributed by atoms with Gasteiger partial charge in [-0.3, -0.25) is 15.0 Å². The van der Waals surface area contributed by atoms with Crippen molar-refractivity contribution in [1.82, 2.24) is 10.1 Å². The molecular formula is C16H20N4O2. The summed E-state index contributed by atoms with van der Waals surface area (Å²) in [7, 11) is 0. The molecule has 1 aromatic carbocycles. The first-order chi connectivity index (χ1) is 10.6. The normalized spacial score (nSPS) is 21.9. The first-order valence-corrected chi connectivity index (χ1v) is 7.38. The van der Waals surface area contributed by atoms with Crippen molar-refractivity contribution in [3.63, 3.8) is 0 Å². The van der Waals surface area contributed by atoms with Crippen molar-refractivity contribution in [2.75, 3.05) is 25.0 Å². The van der Waals surface area contributed by atoms with E-state index < -0.39 is 0 Å². The van der Waals surface area contributed by atoms with E-state index in [9.17, 15) is 4.79 Å². The maximum absolute atomic E-state index is 12.0. The predicted octanol–water partition coefficient (Wildman–Crippen LogP) is 1.35. The standard InChI is InChI=1S/C16H20N4O2/c1-11-7-16(22-19-11)18-15(21)10-20-8-13(14(17)9-20)12-5-3-2-4-6-12/h2-7,13-14H,8-10,17H2,1H3,(H,18,21)/t13-,14+/m0/s1. The van der Waals surface area contributed by atoms with E-state index in [1.54, 1.807) is 6.07 Å². The van der Waals surface area contributed by atoms with E-state index in [4.69, 9.17) is 10.3 Å². The predicted molar refractivity (Wildman–Crippen MR) is 83.5 cm³/mol. The minimum absolute atomic E-state index is 0.0442. The van der Waals surface area contributed by atoms with Gasteiger partial charge in [0.25, 0.3) is 0 Å². The summed E-state index contributed by atoms with van der Waals surface area (Å²) in [5.41, 5.74) is 8.20. The summed E-state index contributed by atoms with van der Waals surface area (Å²) in [6, 6.07) is 11.9. The molecular weight excluding hydrogens is 280 g/mol. The minimum atomic E-state index is -0.114. The van der Waals surface area contributed by atoms with E-state index in [1.165, 1.54) is 5.56 Å². The van der Waals surface area contributed by atoms with Gasteiger partial charge in [0.05, 0.1) is 12.2 Å². The Balaban J connectivity index is 1.57. The Morgan fingerprint density at radius 1 is 1.41 bits per heavy atom. The molecule has 0 radical (unpaired) electrons. The molecule has 1 aromatic heterocycles. The van der Waals surface area contributed by atoms with Gasteiger partial charge in [-0.25, -0.2) is 0 Å². The first-order valence-electron chi connectivity index (χ1n) is 7.38. The molecule has 0 spiro atoms. The highest BCUT2D eigenvalue weighted by molar-refractivity contribution is 5.91. The number of hydrogen-bond donors (Lipinski definition) is 2. The molecule has 3 N–H and O–H groups in total. The van der Waals surface area contributed by atoms with Crippen LogP contribution >= 0.6 is 0 Å². The molecule has 0 bridgehead atoms. The number of anilines is 1. The monoisotopic (exact) mass is 300 g/mol. The van der Waals surface area contributed by atoms with Crippen molar-refractivity contribution in [2.45, 2.75) is 18.9 Å². The highest BCUT2D eigenvalue weighted by Gasteiger charge is 2.32. The first kappa shape index (κ1) is 14.7. The molecule has 116 valence electrons. The van der Waals surface area contributed by atoms with Crippen LogP contribution in [0.5, 0.6) is 0 Å². The topological polar surface area (TPSA) is 84.4 Å². The van der Waals surface area contributed by atoms with Crippen LogP contribution in [-0.2, 0) is 4.79 Å². The number of rotatable bonds is 4. The lowest BCUT2D eigenvalue weighted by atomic mass is 9.95. The zero-order chi connectivity index (χ0) is 15.5. The third kappa shape index (κ3) is 3.35. The molecule has 1 saturated heterocycles. The van der Waals surface area contributed by atoms with Gasteiger partial charge in [-0.05, 0) is 12.5 Å². The van der Waals surface area contributed by atoms with Crippen LogP contribution < -0.4 is 11.1 Å². The van der Waals surface area contributed by atoms with Gasteiger partial charge in [0.2, 0.25) is 11.8 Å². The molecule has 0 saturated carbocycles. The van der Waals surface area contributed by atoms with Crippen LogP contribution in [0.25, 0.3) is 0 Å². The minimum Gasteiger partial charge on any atom is -0.338 e. The maximum atomic E-state index is 12.0. The van der Waals surface area contributed by atoms with Crippen molar-refractivity contribution in [3.8, 4) is 0 Å². The van der Waals surface area contributed by atoms with Crippen LogP contribution in [0.1, 0.15) is 17.2 Å². The van der Waals surface area contributed by atoms with Crippen molar-refractivity contribution in [3.05, 3.63) is 47.7 Å². The van der Waals surface area contributed by atoms with Gasteiger partial charge in [0.1, 0.15) is 0 Å². The van der Waals surface area contributed by atoms with Gasteiger partial charge < -0.3 is 10.3 Å². The molecule has 1 aliphatic heterocycles. The molecule has 2 aromatic rings. The van der Waals surface area contributed by atoms with Gasteiger partial charge in [-0.1, -0.05) is 35.5 Å². The number of benzene rings is 1. The molecule has 22 heavy (non-hydrogen) atoms. The van der Waals surface area contributed by atoms with Crippen LogP contribution in [0.3, 0.4) is 0 Å². The molecule has 0 unspecified atom stereocenters. The fourth-order valence-corrected chi connectivity index (χ4v) is 2.90. The Morgan fingerprint density at radius 3 is 2.86 bits per heavy atom. The highest BCUT2D eigenvalue weighted by atomic mass is 16.5. The maximum Gasteiger partial charge on any atom is 0.240 e. The van der Waals surface area contributed by atoms with E-state index in [2.05, 4.69) is 27.5 Å². The number of likely N-dealkylation sites (tertiary alicyclic amines) is 1. The number of aromatic nitrogens is 1. The lowest BCUT2D eigenvalue weighted by Crippen LogP contribution is -2.33. The summed E-state index contributed by atoms with van der Waals surface area (Å²) < 4.78 is 4.99. The fraction of sp³-hybridized carbons (Fsp3) is 0.375. The quantitative estimate of drug-likeness (QED) is 0.890. The molecule has 2 atom stereocenters. The summed E-state index contributed by atoms with van der Waals surface area (Å²) in [5, 5.41) is 6.45. The molecule has 6 nitrogen and oxygen atoms in total. The number of carbonyl (C=O) groups is 1. The average molecular weight is 300 g/mol. The number of amides is 1.